The van der Waals surface area contributed by atoms with Gasteiger partial charge < -0.3 is 10.1 Å². The Kier molecular flexibility index (Phi) is 7.84. The van der Waals surface area contributed by atoms with Crippen LogP contribution in [0.1, 0.15) is 22.3 Å². The van der Waals surface area contributed by atoms with Crippen molar-refractivity contribution in [3.63, 3.8) is 0 Å². The number of nitrogens with zero attached hydrogens (tertiary/aromatic N) is 1. The summed E-state index contributed by atoms with van der Waals surface area (Å²) in [7, 11) is 0. The monoisotopic (exact) mass is 556 g/mol. The topological polar surface area (TPSA) is 62.1 Å². The molecular weight excluding hydrogens is 539 g/mol. The Bertz CT molecular complexity index is 1210. The summed E-state index contributed by atoms with van der Waals surface area (Å²) in [4.78, 5) is 12.7. The molecule has 0 bridgehead atoms. The number of anilines is 1. The van der Waals surface area contributed by atoms with Crippen molar-refractivity contribution in [2.24, 2.45) is 0 Å². The molecule has 3 rings (SSSR count). The fourth-order valence-corrected chi connectivity index (χ4v) is 4.36. The summed E-state index contributed by atoms with van der Waals surface area (Å²) in [6, 6.07) is 17.3. The number of carbonyl (C=O) groups is 1. The number of carbonyl (C=O) groups excluding carboxylic acids is 1. The number of aryl methyl sites for hydroxylation is 2. The molecule has 3 aromatic carbocycles. The minimum absolute atomic E-state index is 0.0234. The van der Waals surface area contributed by atoms with Gasteiger partial charge in [0.15, 0.2) is 0 Å². The van der Waals surface area contributed by atoms with Crippen LogP contribution >= 0.6 is 31.9 Å². The molecule has 0 spiro atoms. The SMILES string of the molecule is Cc1ccc(C)c(NC(=O)/C(C#N)=C/c2cc(Br)c(OCc3ccc(F)cc3)c(Br)c2)c1. The molecule has 162 valence electrons. The summed E-state index contributed by atoms with van der Waals surface area (Å²) in [6.45, 7) is 4.09. The van der Waals surface area contributed by atoms with Crippen LogP contribution < -0.4 is 10.1 Å². The molecule has 0 atom stereocenters. The molecule has 1 N–H and O–H groups in total. The number of ether oxygens (including phenoxy) is 1. The van der Waals surface area contributed by atoms with Crippen LogP contribution in [0.5, 0.6) is 5.75 Å². The maximum Gasteiger partial charge on any atom is 0.266 e. The van der Waals surface area contributed by atoms with Crippen LogP contribution in [-0.2, 0) is 11.4 Å². The van der Waals surface area contributed by atoms with Crippen molar-refractivity contribution >= 4 is 49.5 Å². The highest BCUT2D eigenvalue weighted by atomic mass is 79.9. The van der Waals surface area contributed by atoms with Gasteiger partial charge in [0.05, 0.1) is 8.95 Å². The number of halogens is 3. The van der Waals surface area contributed by atoms with Crippen molar-refractivity contribution in [1.82, 2.24) is 0 Å². The first-order chi connectivity index (χ1) is 15.3. The van der Waals surface area contributed by atoms with E-state index in [-0.39, 0.29) is 18.0 Å². The van der Waals surface area contributed by atoms with Crippen molar-refractivity contribution in [3.8, 4) is 11.8 Å². The van der Waals surface area contributed by atoms with Crippen LogP contribution in [0.25, 0.3) is 6.08 Å². The Morgan fingerprint density at radius 2 is 1.75 bits per heavy atom. The number of nitrogens with one attached hydrogen (secondary N) is 1. The first kappa shape index (κ1) is 23.7. The molecule has 0 aromatic heterocycles. The zero-order valence-corrected chi connectivity index (χ0v) is 20.6. The lowest BCUT2D eigenvalue weighted by Gasteiger charge is -2.12. The standard InChI is InChI=1S/C25H19Br2FN2O2/c1-15-3-4-16(2)23(9-15)30-25(31)19(13-29)10-18-11-21(26)24(22(27)12-18)32-14-17-5-7-20(28)8-6-17/h3-12H,14H2,1-2H3,(H,30,31)/b19-10+. The summed E-state index contributed by atoms with van der Waals surface area (Å²) in [5, 5.41) is 12.3. The van der Waals surface area contributed by atoms with Gasteiger partial charge >= 0.3 is 0 Å². The predicted molar refractivity (Wildman–Crippen MR) is 131 cm³/mol. The third-order valence-electron chi connectivity index (χ3n) is 4.63. The molecule has 0 aliphatic rings. The van der Waals surface area contributed by atoms with Crippen LogP contribution in [-0.4, -0.2) is 5.91 Å². The van der Waals surface area contributed by atoms with E-state index in [0.717, 1.165) is 16.7 Å². The summed E-state index contributed by atoms with van der Waals surface area (Å²) in [5.74, 6) is -0.225. The Labute approximate surface area is 203 Å². The molecule has 0 unspecified atom stereocenters. The van der Waals surface area contributed by atoms with Gasteiger partial charge in [-0.3, -0.25) is 4.79 Å². The van der Waals surface area contributed by atoms with Gasteiger partial charge in [-0.05, 0) is 104 Å². The van der Waals surface area contributed by atoms with Gasteiger partial charge in [0.25, 0.3) is 5.91 Å². The summed E-state index contributed by atoms with van der Waals surface area (Å²) >= 11 is 6.95. The molecular formula is C25H19Br2FN2O2. The van der Waals surface area contributed by atoms with E-state index in [2.05, 4.69) is 37.2 Å². The largest absolute Gasteiger partial charge is 0.487 e. The fraction of sp³-hybridized carbons (Fsp3) is 0.120. The third kappa shape index (κ3) is 6.06. The second-order valence-electron chi connectivity index (χ2n) is 7.17. The predicted octanol–water partition coefficient (Wildman–Crippen LogP) is 7.09. The van der Waals surface area contributed by atoms with E-state index in [9.17, 15) is 14.4 Å². The first-order valence-electron chi connectivity index (χ1n) is 9.63. The van der Waals surface area contributed by atoms with E-state index in [0.29, 0.717) is 25.9 Å². The Balaban J connectivity index is 1.78. The Morgan fingerprint density at radius 1 is 1.09 bits per heavy atom. The molecule has 32 heavy (non-hydrogen) atoms. The lowest BCUT2D eigenvalue weighted by molar-refractivity contribution is -0.112. The van der Waals surface area contributed by atoms with Crippen LogP contribution in [0, 0.1) is 31.0 Å². The van der Waals surface area contributed by atoms with Crippen LogP contribution in [0.2, 0.25) is 0 Å². The Morgan fingerprint density at radius 3 is 2.38 bits per heavy atom. The number of hydrogen-bond acceptors (Lipinski definition) is 3. The Hall–Kier alpha value is -2.95. The highest BCUT2D eigenvalue weighted by Crippen LogP contribution is 2.36. The number of nitriles is 1. The minimum Gasteiger partial charge on any atom is -0.487 e. The summed E-state index contributed by atoms with van der Waals surface area (Å²) in [6.07, 6.45) is 1.51. The average Bonchev–Trinajstić information content (AvgIpc) is 2.75. The van der Waals surface area contributed by atoms with Gasteiger partial charge in [-0.25, -0.2) is 4.39 Å². The highest BCUT2D eigenvalue weighted by Gasteiger charge is 2.14. The van der Waals surface area contributed by atoms with E-state index >= 15 is 0 Å². The molecule has 0 aliphatic heterocycles. The minimum atomic E-state index is -0.481. The highest BCUT2D eigenvalue weighted by molar-refractivity contribution is 9.11. The van der Waals surface area contributed by atoms with Gasteiger partial charge in [0.2, 0.25) is 0 Å². The van der Waals surface area contributed by atoms with Gasteiger partial charge in [0, 0.05) is 5.69 Å². The van der Waals surface area contributed by atoms with Crippen molar-refractivity contribution < 1.29 is 13.9 Å². The normalized spacial score (nSPS) is 11.1. The second kappa shape index (κ2) is 10.6. The second-order valence-corrected chi connectivity index (χ2v) is 8.88. The maximum absolute atomic E-state index is 13.1. The molecule has 3 aromatic rings. The molecule has 0 radical (unpaired) electrons. The van der Waals surface area contributed by atoms with E-state index < -0.39 is 5.91 Å². The zero-order chi connectivity index (χ0) is 23.3. The number of hydrogen-bond donors (Lipinski definition) is 1. The van der Waals surface area contributed by atoms with Crippen molar-refractivity contribution in [2.75, 3.05) is 5.32 Å². The first-order valence-corrected chi connectivity index (χ1v) is 11.2. The van der Waals surface area contributed by atoms with Gasteiger partial charge in [-0.1, -0.05) is 24.3 Å². The molecule has 0 saturated carbocycles. The molecule has 0 aliphatic carbocycles. The molecule has 4 nitrogen and oxygen atoms in total. The van der Waals surface area contributed by atoms with Gasteiger partial charge in [0.1, 0.15) is 29.8 Å². The number of benzene rings is 3. The van der Waals surface area contributed by atoms with Crippen molar-refractivity contribution in [3.05, 3.63) is 97.2 Å². The molecule has 0 saturated heterocycles. The molecule has 0 heterocycles. The average molecular weight is 558 g/mol. The van der Waals surface area contributed by atoms with E-state index in [1.807, 2.05) is 38.1 Å². The van der Waals surface area contributed by atoms with Crippen LogP contribution in [0.15, 0.2) is 69.1 Å². The lowest BCUT2D eigenvalue weighted by atomic mass is 10.1. The van der Waals surface area contributed by atoms with Crippen molar-refractivity contribution in [2.45, 2.75) is 20.5 Å². The van der Waals surface area contributed by atoms with Crippen LogP contribution in [0.3, 0.4) is 0 Å². The van der Waals surface area contributed by atoms with E-state index in [1.165, 1.54) is 18.2 Å². The fourth-order valence-electron chi connectivity index (χ4n) is 2.91. The smallest absolute Gasteiger partial charge is 0.266 e. The van der Waals surface area contributed by atoms with Crippen LogP contribution in [0.4, 0.5) is 10.1 Å². The quantitative estimate of drug-likeness (QED) is 0.260. The molecule has 0 fully saturated rings. The van der Waals surface area contributed by atoms with Gasteiger partial charge in [-0.2, -0.15) is 5.26 Å². The molecule has 7 heteroatoms. The number of amides is 1. The van der Waals surface area contributed by atoms with E-state index in [4.69, 9.17) is 4.74 Å². The third-order valence-corrected chi connectivity index (χ3v) is 5.81. The summed E-state index contributed by atoms with van der Waals surface area (Å²) < 4.78 is 20.2. The van der Waals surface area contributed by atoms with Crippen molar-refractivity contribution in [1.29, 1.82) is 5.26 Å². The lowest BCUT2D eigenvalue weighted by Crippen LogP contribution is -2.14. The maximum atomic E-state index is 13.1. The molecule has 1 amide bonds. The number of rotatable bonds is 6. The zero-order valence-electron chi connectivity index (χ0n) is 17.4. The van der Waals surface area contributed by atoms with E-state index in [1.54, 1.807) is 24.3 Å². The summed E-state index contributed by atoms with van der Waals surface area (Å²) in [5.41, 5.74) is 4.04. The van der Waals surface area contributed by atoms with Gasteiger partial charge in [-0.15, -0.1) is 0 Å².